The molecule has 69 heavy (non-hydrogen) atoms. The van der Waals surface area contributed by atoms with Crippen LogP contribution in [-0.2, 0) is 56.8 Å². The number of hydrogen-bond donors (Lipinski definition) is 18. The highest BCUT2D eigenvalue weighted by molar-refractivity contribution is 5.59. The Hall–Kier alpha value is -1.53. The van der Waals surface area contributed by atoms with Crippen LogP contribution >= 0.6 is 0 Å². The van der Waals surface area contributed by atoms with Crippen molar-refractivity contribution in [3.8, 4) is 0 Å². The first-order valence-electron chi connectivity index (χ1n) is 22.1. The molecule has 0 radical (unpaired) electrons. The van der Waals surface area contributed by atoms with E-state index >= 15 is 0 Å². The molecule has 0 aromatic heterocycles. The van der Waals surface area contributed by atoms with Gasteiger partial charge in [0.25, 0.3) is 0 Å². The van der Waals surface area contributed by atoms with Crippen molar-refractivity contribution in [2.24, 2.45) is 4.99 Å². The summed E-state index contributed by atoms with van der Waals surface area (Å²) in [7, 11) is 0. The molecule has 31 heteroatoms. The highest BCUT2D eigenvalue weighted by Gasteiger charge is 2.57. The Morgan fingerprint density at radius 1 is 0.362 bits per heavy atom. The van der Waals surface area contributed by atoms with Gasteiger partial charge < -0.3 is 149 Å². The molecule has 0 aliphatic carbocycles. The molecule has 400 valence electrons. The Labute approximate surface area is 390 Å². The lowest BCUT2D eigenvalue weighted by Crippen LogP contribution is -2.68. The minimum absolute atomic E-state index is 0.0174. The lowest BCUT2D eigenvalue weighted by Gasteiger charge is -2.49. The van der Waals surface area contributed by atoms with E-state index in [-0.39, 0.29) is 6.61 Å². The summed E-state index contributed by atoms with van der Waals surface area (Å²) < 4.78 is 67.8. The van der Waals surface area contributed by atoms with Gasteiger partial charge in [-0.15, -0.1) is 0 Å². The summed E-state index contributed by atoms with van der Waals surface area (Å²) in [6.45, 7) is -5.25. The summed E-state index contributed by atoms with van der Waals surface area (Å²) in [4.78, 5) is 4.17. The van der Waals surface area contributed by atoms with Gasteiger partial charge in [0.05, 0.1) is 46.2 Å². The van der Waals surface area contributed by atoms with E-state index in [0.29, 0.717) is 0 Å². The average Bonchev–Trinajstić information content (AvgIpc) is 3.35. The van der Waals surface area contributed by atoms with Crippen molar-refractivity contribution in [3.05, 3.63) is 0 Å². The van der Waals surface area contributed by atoms with E-state index in [0.717, 1.165) is 0 Å². The number of rotatable bonds is 16. The van der Waals surface area contributed by atoms with Crippen molar-refractivity contribution in [2.45, 2.75) is 184 Å². The first kappa shape index (κ1) is 55.2. The van der Waals surface area contributed by atoms with Crippen LogP contribution in [0.1, 0.15) is 0 Å². The van der Waals surface area contributed by atoms with Crippen LogP contribution in [0.3, 0.4) is 0 Å². The molecule has 0 bridgehead atoms. The summed E-state index contributed by atoms with van der Waals surface area (Å²) in [5, 5.41) is 191. The number of aliphatic hydroxyl groups is 18. The van der Waals surface area contributed by atoms with Crippen LogP contribution in [0.25, 0.3) is 0 Å². The fraction of sp³-hybridized carbons (Fsp3) is 0.974. The standard InChI is InChI=1S/C38H63NO30/c40-3-9-16(45)20(49)24(53)35(60-9)67-30-12(6-43)63-34(26(55)22(30)51)59-8-14-18(47)32(28(57)38(65-14)66-29-11(5-42)62-33-15(19(29)48)39-1-2-58-33)69-37-27(56)23(52)31(13(7-44)64-37)68-36-25(54)21(50)17(46)10(4-41)61-36/h1,9-38,40-57H,2-8H2/t9-,10-,11-,12-,13-,14-,15-,16+,17+,18-,19-,20+,21+,22-,23-,24-,25-,26+,27+,28+,29-,30-,31-,32+,33+,34+,35+,36+,37-,38+/m1/s1. The average molecular weight is 1010 g/mol. The van der Waals surface area contributed by atoms with Crippen molar-refractivity contribution in [1.82, 2.24) is 0 Å². The minimum Gasteiger partial charge on any atom is -0.394 e. The number of aliphatic imine (C=N–C) groups is 1. The molecule has 0 saturated carbocycles. The van der Waals surface area contributed by atoms with Gasteiger partial charge >= 0.3 is 0 Å². The Morgan fingerprint density at radius 3 is 1.23 bits per heavy atom. The SMILES string of the molecule is OC[C@H]1O[C@@H](O[C@H]2[C@H](O)[C@H](O)[C@@H](OC[C@H]3O[C@@H](O[C@H]4[C@H](O)[C@H]5N=CCO[C@H]5O[C@@H]4CO)[C@@H](O)[C@@H](O[C@H]4O[C@H](CO)[C@@H](O[C@@H]5O[C@H](CO)[C@H](O)[C@H](O)[C@H]5O)[C@H](O)[C@@H]4O)[C@@H]3O)O[C@@H]2CO)[C@H](O)[C@@H](O)[C@H]1O. The third kappa shape index (κ3) is 11.3. The van der Waals surface area contributed by atoms with Gasteiger partial charge in [-0.3, -0.25) is 4.99 Å². The van der Waals surface area contributed by atoms with Crippen LogP contribution in [0.5, 0.6) is 0 Å². The Kier molecular flexibility index (Phi) is 19.0. The summed E-state index contributed by atoms with van der Waals surface area (Å²) in [6, 6.07) is -1.10. The minimum atomic E-state index is -2.19. The Morgan fingerprint density at radius 2 is 0.739 bits per heavy atom. The summed E-state index contributed by atoms with van der Waals surface area (Å²) >= 11 is 0. The van der Waals surface area contributed by atoms with Crippen LogP contribution in [-0.4, -0.2) is 329 Å². The van der Waals surface area contributed by atoms with Crippen LogP contribution in [0.4, 0.5) is 0 Å². The topological polar surface area (TPSA) is 487 Å². The smallest absolute Gasteiger partial charge is 0.187 e. The zero-order valence-corrected chi connectivity index (χ0v) is 36.2. The molecule has 0 aromatic carbocycles. The zero-order valence-electron chi connectivity index (χ0n) is 36.2. The van der Waals surface area contributed by atoms with Gasteiger partial charge in [-0.05, 0) is 0 Å². The van der Waals surface area contributed by atoms with E-state index in [1.807, 2.05) is 0 Å². The van der Waals surface area contributed by atoms with E-state index < -0.39 is 224 Å². The fourth-order valence-corrected chi connectivity index (χ4v) is 8.99. The van der Waals surface area contributed by atoms with Gasteiger partial charge in [0.1, 0.15) is 146 Å². The third-order valence-corrected chi connectivity index (χ3v) is 13.0. The second-order valence-corrected chi connectivity index (χ2v) is 17.4. The summed E-state index contributed by atoms with van der Waals surface area (Å²) in [6.07, 6.45) is -51.3. The molecule has 7 aliphatic rings. The van der Waals surface area contributed by atoms with Crippen LogP contribution in [0.2, 0.25) is 0 Å². The van der Waals surface area contributed by atoms with E-state index in [4.69, 9.17) is 56.8 Å². The van der Waals surface area contributed by atoms with Crippen molar-refractivity contribution in [1.29, 1.82) is 0 Å². The lowest BCUT2D eigenvalue weighted by atomic mass is 9.95. The normalized spacial score (nSPS) is 52.9. The van der Waals surface area contributed by atoms with Gasteiger partial charge in [-0.25, -0.2) is 0 Å². The van der Waals surface area contributed by atoms with Gasteiger partial charge in [0.2, 0.25) is 0 Å². The van der Waals surface area contributed by atoms with Gasteiger partial charge in [0.15, 0.2) is 37.7 Å². The molecule has 18 N–H and O–H groups in total. The zero-order chi connectivity index (χ0) is 50.2. The third-order valence-electron chi connectivity index (χ3n) is 13.0. The number of fused-ring (bicyclic) bond motifs is 1. The predicted molar refractivity (Wildman–Crippen MR) is 209 cm³/mol. The molecule has 0 unspecified atom stereocenters. The molecule has 6 fully saturated rings. The van der Waals surface area contributed by atoms with Gasteiger partial charge in [-0.1, -0.05) is 0 Å². The molecule has 7 rings (SSSR count). The lowest BCUT2D eigenvalue weighted by molar-refractivity contribution is -0.391. The molecule has 7 aliphatic heterocycles. The maximum absolute atomic E-state index is 11.7. The number of nitrogens with zero attached hydrogens (tertiary/aromatic N) is 1. The number of aliphatic hydroxyl groups excluding tert-OH is 18. The van der Waals surface area contributed by atoms with Crippen LogP contribution in [0.15, 0.2) is 4.99 Å². The van der Waals surface area contributed by atoms with E-state index in [1.165, 1.54) is 6.21 Å². The summed E-state index contributed by atoms with van der Waals surface area (Å²) in [5.74, 6) is 0. The van der Waals surface area contributed by atoms with Crippen LogP contribution in [0, 0.1) is 0 Å². The maximum atomic E-state index is 11.7. The van der Waals surface area contributed by atoms with E-state index in [1.54, 1.807) is 0 Å². The van der Waals surface area contributed by atoms with Gasteiger partial charge in [-0.2, -0.15) is 0 Å². The highest BCUT2D eigenvalue weighted by atomic mass is 16.8. The molecule has 30 atom stereocenters. The van der Waals surface area contributed by atoms with Gasteiger partial charge in [0, 0.05) is 6.21 Å². The molecular formula is C38H63NO30. The quantitative estimate of drug-likeness (QED) is 0.0682. The molecule has 0 aromatic rings. The van der Waals surface area contributed by atoms with E-state index in [2.05, 4.69) is 4.99 Å². The van der Waals surface area contributed by atoms with Crippen molar-refractivity contribution in [3.63, 3.8) is 0 Å². The first-order valence-corrected chi connectivity index (χ1v) is 22.1. The van der Waals surface area contributed by atoms with Crippen molar-refractivity contribution in [2.75, 3.05) is 46.2 Å². The molecular weight excluding hydrogens is 950 g/mol. The molecule has 0 spiro atoms. The van der Waals surface area contributed by atoms with Crippen LogP contribution < -0.4 is 0 Å². The molecule has 0 amide bonds. The predicted octanol–water partition coefficient (Wildman–Crippen LogP) is -13.0. The molecule has 7 heterocycles. The second kappa shape index (κ2) is 23.8. The van der Waals surface area contributed by atoms with E-state index in [9.17, 15) is 91.9 Å². The first-order chi connectivity index (χ1) is 32.9. The Bertz CT molecular complexity index is 1620. The monoisotopic (exact) mass is 1010 g/mol. The second-order valence-electron chi connectivity index (χ2n) is 17.4. The largest absolute Gasteiger partial charge is 0.394 e. The number of ether oxygens (including phenoxy) is 12. The fourth-order valence-electron chi connectivity index (χ4n) is 8.99. The summed E-state index contributed by atoms with van der Waals surface area (Å²) in [5.41, 5.74) is 0. The maximum Gasteiger partial charge on any atom is 0.187 e. The van der Waals surface area contributed by atoms with Crippen molar-refractivity contribution < 1.29 is 149 Å². The molecule has 31 nitrogen and oxygen atoms in total. The van der Waals surface area contributed by atoms with Crippen molar-refractivity contribution >= 4 is 6.21 Å². The highest BCUT2D eigenvalue weighted by Crippen LogP contribution is 2.37. The Balaban J connectivity index is 1.08. The molecule has 6 saturated heterocycles. The number of hydrogen-bond acceptors (Lipinski definition) is 31.